The van der Waals surface area contributed by atoms with E-state index in [2.05, 4.69) is 11.4 Å². The summed E-state index contributed by atoms with van der Waals surface area (Å²) in [6.07, 6.45) is 8.28. The summed E-state index contributed by atoms with van der Waals surface area (Å²) >= 11 is 0. The van der Waals surface area contributed by atoms with E-state index in [0.717, 1.165) is 25.7 Å². The number of hydrogen-bond acceptors (Lipinski definition) is 4. The lowest BCUT2D eigenvalue weighted by Crippen LogP contribution is -2.43. The molecule has 2 fully saturated rings. The van der Waals surface area contributed by atoms with Gasteiger partial charge in [-0.15, -0.1) is 0 Å². The minimum absolute atomic E-state index is 0.308. The van der Waals surface area contributed by atoms with Crippen molar-refractivity contribution in [3.05, 3.63) is 0 Å². The number of nitriles is 1. The summed E-state index contributed by atoms with van der Waals surface area (Å²) in [6.45, 7) is 2.64. The second kappa shape index (κ2) is 6.69. The van der Waals surface area contributed by atoms with Crippen LogP contribution in [0.3, 0.4) is 0 Å². The highest BCUT2D eigenvalue weighted by atomic mass is 16.5. The van der Waals surface area contributed by atoms with Crippen LogP contribution < -0.4 is 5.32 Å². The fourth-order valence-electron chi connectivity index (χ4n) is 2.74. The van der Waals surface area contributed by atoms with E-state index in [1.807, 2.05) is 6.92 Å². The van der Waals surface area contributed by atoms with Crippen LogP contribution >= 0.6 is 0 Å². The molecule has 19 heavy (non-hydrogen) atoms. The largest absolute Gasteiger partial charge is 0.381 e. The van der Waals surface area contributed by atoms with Gasteiger partial charge in [0.05, 0.1) is 18.3 Å². The molecule has 0 aromatic carbocycles. The van der Waals surface area contributed by atoms with E-state index in [4.69, 9.17) is 9.47 Å². The van der Waals surface area contributed by atoms with Crippen LogP contribution in [-0.4, -0.2) is 37.5 Å². The molecule has 0 aliphatic heterocycles. The second-order valence-electron chi connectivity index (χ2n) is 6.13. The first-order valence-corrected chi connectivity index (χ1v) is 7.48. The van der Waals surface area contributed by atoms with Gasteiger partial charge in [-0.25, -0.2) is 0 Å². The minimum atomic E-state index is -0.434. The normalized spacial score (nSPS) is 30.6. The van der Waals surface area contributed by atoms with E-state index in [1.54, 1.807) is 7.11 Å². The molecule has 0 spiro atoms. The maximum absolute atomic E-state index is 9.29. The summed E-state index contributed by atoms with van der Waals surface area (Å²) in [5.74, 6) is 0. The Kier molecular flexibility index (Phi) is 5.20. The lowest BCUT2D eigenvalue weighted by Gasteiger charge is -2.29. The molecule has 0 radical (unpaired) electrons. The van der Waals surface area contributed by atoms with Gasteiger partial charge in [0.1, 0.15) is 5.54 Å². The van der Waals surface area contributed by atoms with Crippen LogP contribution in [0.15, 0.2) is 0 Å². The predicted molar refractivity (Wildman–Crippen MR) is 73.8 cm³/mol. The molecule has 0 aromatic heterocycles. The van der Waals surface area contributed by atoms with Gasteiger partial charge >= 0.3 is 0 Å². The number of hydrogen-bond donors (Lipinski definition) is 1. The summed E-state index contributed by atoms with van der Waals surface area (Å²) in [5.41, 5.74) is -0.434. The van der Waals surface area contributed by atoms with E-state index in [1.165, 1.54) is 19.3 Å². The third-order valence-corrected chi connectivity index (χ3v) is 4.21. The first-order chi connectivity index (χ1) is 9.15. The summed E-state index contributed by atoms with van der Waals surface area (Å²) in [5, 5.41) is 12.7. The topological polar surface area (TPSA) is 54.3 Å². The Bertz CT molecular complexity index is 325. The Morgan fingerprint density at radius 2 is 2.00 bits per heavy atom. The molecule has 0 heterocycles. The second-order valence-corrected chi connectivity index (χ2v) is 6.13. The van der Waals surface area contributed by atoms with E-state index < -0.39 is 5.54 Å². The zero-order valence-corrected chi connectivity index (χ0v) is 12.2. The quantitative estimate of drug-likeness (QED) is 0.768. The lowest BCUT2D eigenvalue weighted by atomic mass is 9.94. The van der Waals surface area contributed by atoms with Crippen LogP contribution in [0.1, 0.15) is 51.9 Å². The first kappa shape index (κ1) is 14.8. The Balaban J connectivity index is 1.68. The van der Waals surface area contributed by atoms with Gasteiger partial charge < -0.3 is 9.47 Å². The molecule has 0 aromatic rings. The highest BCUT2D eigenvalue weighted by Crippen LogP contribution is 2.25. The highest BCUT2D eigenvalue weighted by molar-refractivity contribution is 5.07. The third-order valence-electron chi connectivity index (χ3n) is 4.21. The standard InChI is InChI=1S/C15H26N2O2/c1-15(11-16,17-12-6-7-12)8-9-19-14-5-3-4-13(10-14)18-2/h12-14,17H,3-10H2,1-2H3. The average Bonchev–Trinajstić information content (AvgIpc) is 3.23. The molecule has 2 aliphatic carbocycles. The van der Waals surface area contributed by atoms with E-state index in [0.29, 0.717) is 24.9 Å². The van der Waals surface area contributed by atoms with Crippen molar-refractivity contribution in [2.45, 2.75) is 75.7 Å². The molecule has 0 saturated heterocycles. The van der Waals surface area contributed by atoms with Crippen molar-refractivity contribution >= 4 is 0 Å². The molecule has 0 bridgehead atoms. The SMILES string of the molecule is COC1CCCC(OCCC(C)(C#N)NC2CC2)C1. The lowest BCUT2D eigenvalue weighted by molar-refractivity contribution is -0.0327. The molecular formula is C15H26N2O2. The summed E-state index contributed by atoms with van der Waals surface area (Å²) < 4.78 is 11.3. The molecule has 1 N–H and O–H groups in total. The zero-order valence-electron chi connectivity index (χ0n) is 12.2. The smallest absolute Gasteiger partial charge is 0.106 e. The van der Waals surface area contributed by atoms with Gasteiger partial charge in [-0.3, -0.25) is 5.32 Å². The van der Waals surface area contributed by atoms with Crippen molar-refractivity contribution < 1.29 is 9.47 Å². The van der Waals surface area contributed by atoms with Crippen molar-refractivity contribution in [3.8, 4) is 6.07 Å². The zero-order chi connectivity index (χ0) is 13.7. The molecule has 4 heteroatoms. The van der Waals surface area contributed by atoms with Crippen molar-refractivity contribution in [1.29, 1.82) is 5.26 Å². The third kappa shape index (κ3) is 4.76. The molecule has 2 aliphatic rings. The van der Waals surface area contributed by atoms with Gasteiger partial charge in [0, 0.05) is 26.2 Å². The van der Waals surface area contributed by atoms with E-state index >= 15 is 0 Å². The van der Waals surface area contributed by atoms with Crippen LogP contribution in [0.5, 0.6) is 0 Å². The van der Waals surface area contributed by atoms with Crippen LogP contribution in [0.25, 0.3) is 0 Å². The van der Waals surface area contributed by atoms with Crippen molar-refractivity contribution in [3.63, 3.8) is 0 Å². The Morgan fingerprint density at radius 3 is 2.63 bits per heavy atom. The van der Waals surface area contributed by atoms with E-state index in [-0.39, 0.29) is 0 Å². The molecular weight excluding hydrogens is 240 g/mol. The van der Waals surface area contributed by atoms with Crippen LogP contribution in [0, 0.1) is 11.3 Å². The van der Waals surface area contributed by atoms with Crippen LogP contribution in [0.4, 0.5) is 0 Å². The number of methoxy groups -OCH3 is 1. The Morgan fingerprint density at radius 1 is 1.26 bits per heavy atom. The molecule has 0 amide bonds. The molecule has 4 nitrogen and oxygen atoms in total. The average molecular weight is 266 g/mol. The van der Waals surface area contributed by atoms with Gasteiger partial charge in [0.15, 0.2) is 0 Å². The Hall–Kier alpha value is -0.630. The Labute approximate surface area is 116 Å². The van der Waals surface area contributed by atoms with E-state index in [9.17, 15) is 5.26 Å². The number of nitrogens with one attached hydrogen (secondary N) is 1. The van der Waals surface area contributed by atoms with Gasteiger partial charge in [-0.05, 0) is 45.4 Å². The highest BCUT2D eigenvalue weighted by Gasteiger charge is 2.32. The molecule has 2 rings (SSSR count). The van der Waals surface area contributed by atoms with Gasteiger partial charge in [-0.2, -0.15) is 5.26 Å². The molecule has 108 valence electrons. The van der Waals surface area contributed by atoms with Crippen LogP contribution in [-0.2, 0) is 9.47 Å². The fourth-order valence-corrected chi connectivity index (χ4v) is 2.74. The minimum Gasteiger partial charge on any atom is -0.381 e. The monoisotopic (exact) mass is 266 g/mol. The number of ether oxygens (including phenoxy) is 2. The molecule has 3 unspecified atom stereocenters. The number of rotatable bonds is 7. The molecule has 3 atom stereocenters. The fraction of sp³-hybridized carbons (Fsp3) is 0.933. The molecule has 2 saturated carbocycles. The van der Waals surface area contributed by atoms with Crippen LogP contribution in [0.2, 0.25) is 0 Å². The maximum atomic E-state index is 9.29. The summed E-state index contributed by atoms with van der Waals surface area (Å²) in [6, 6.07) is 2.94. The maximum Gasteiger partial charge on any atom is 0.106 e. The summed E-state index contributed by atoms with van der Waals surface area (Å²) in [4.78, 5) is 0. The summed E-state index contributed by atoms with van der Waals surface area (Å²) in [7, 11) is 1.78. The van der Waals surface area contributed by atoms with Gasteiger partial charge in [-0.1, -0.05) is 0 Å². The van der Waals surface area contributed by atoms with Crippen molar-refractivity contribution in [1.82, 2.24) is 5.32 Å². The number of nitrogens with zero attached hydrogens (tertiary/aromatic N) is 1. The van der Waals surface area contributed by atoms with Gasteiger partial charge in [0.2, 0.25) is 0 Å². The predicted octanol–water partition coefficient (Wildman–Crippen LogP) is 2.38. The van der Waals surface area contributed by atoms with Gasteiger partial charge in [0.25, 0.3) is 0 Å². The van der Waals surface area contributed by atoms with Crippen molar-refractivity contribution in [2.75, 3.05) is 13.7 Å². The van der Waals surface area contributed by atoms with Crippen molar-refractivity contribution in [2.24, 2.45) is 0 Å². The first-order valence-electron chi connectivity index (χ1n) is 7.48.